The Morgan fingerprint density at radius 1 is 1.04 bits per heavy atom. The van der Waals surface area contributed by atoms with Crippen molar-refractivity contribution in [3.8, 4) is 0 Å². The molecule has 9 heteroatoms. The maximum absolute atomic E-state index is 12.4. The summed E-state index contributed by atoms with van der Waals surface area (Å²) in [7, 11) is 1.59. The maximum Gasteiger partial charge on any atom is 0.279 e. The number of benzene rings is 1. The predicted molar refractivity (Wildman–Crippen MR) is 100 cm³/mol. The van der Waals surface area contributed by atoms with Crippen molar-refractivity contribution in [1.29, 1.82) is 0 Å². The van der Waals surface area contributed by atoms with Gasteiger partial charge in [0.2, 0.25) is 10.0 Å². The minimum absolute atomic E-state index is 0.0544. The largest absolute Gasteiger partial charge is 0.344 e. The molecular formula is C17H29N4O4S+. The highest BCUT2D eigenvalue weighted by Gasteiger charge is 2.21. The molecule has 1 aromatic carbocycles. The van der Waals surface area contributed by atoms with E-state index in [1.807, 2.05) is 0 Å². The van der Waals surface area contributed by atoms with Crippen LogP contribution in [0, 0.1) is 0 Å². The van der Waals surface area contributed by atoms with E-state index in [-0.39, 0.29) is 29.8 Å². The molecule has 8 nitrogen and oxygen atoms in total. The first-order valence-corrected chi connectivity index (χ1v) is 9.97. The van der Waals surface area contributed by atoms with E-state index >= 15 is 0 Å². The van der Waals surface area contributed by atoms with Gasteiger partial charge in [0.15, 0.2) is 13.1 Å². The molecule has 2 N–H and O–H groups in total. The van der Waals surface area contributed by atoms with Crippen LogP contribution in [0.4, 0.5) is 5.69 Å². The van der Waals surface area contributed by atoms with Crippen LogP contribution >= 0.6 is 0 Å². The summed E-state index contributed by atoms with van der Waals surface area (Å²) in [5.41, 5.74) is 0.514. The number of sulfonamides is 1. The van der Waals surface area contributed by atoms with Gasteiger partial charge >= 0.3 is 0 Å². The molecule has 2 amide bonds. The number of nitrogens with zero attached hydrogens (tertiary/aromatic N) is 2. The van der Waals surface area contributed by atoms with Gasteiger partial charge in [-0.15, -0.1) is 0 Å². The normalized spacial score (nSPS) is 12.7. The van der Waals surface area contributed by atoms with Gasteiger partial charge in [-0.05, 0) is 24.3 Å². The number of carbonyl (C=O) groups excluding carboxylic acids is 2. The molecule has 146 valence electrons. The second kappa shape index (κ2) is 9.65. The number of hydrogen-bond acceptors (Lipinski definition) is 4. The fraction of sp³-hybridized carbons (Fsp3) is 0.529. The molecular weight excluding hydrogens is 356 g/mol. The molecule has 26 heavy (non-hydrogen) atoms. The first kappa shape index (κ1) is 22.1. The number of amides is 2. The van der Waals surface area contributed by atoms with Gasteiger partial charge in [-0.2, -0.15) is 4.31 Å². The summed E-state index contributed by atoms with van der Waals surface area (Å²) in [6.07, 6.45) is 0. The average Bonchev–Trinajstić information content (AvgIpc) is 2.55. The van der Waals surface area contributed by atoms with Gasteiger partial charge in [0.05, 0.1) is 11.9 Å². The zero-order chi connectivity index (χ0) is 19.9. The lowest BCUT2D eigenvalue weighted by atomic mass is 10.3. The van der Waals surface area contributed by atoms with E-state index in [9.17, 15) is 18.0 Å². The number of carbonyl (C=O) groups is 2. The molecule has 0 heterocycles. The fourth-order valence-electron chi connectivity index (χ4n) is 2.38. The lowest BCUT2D eigenvalue weighted by Gasteiger charge is -2.18. The fourth-order valence-corrected chi connectivity index (χ4v) is 3.84. The number of quaternary nitrogens is 1. The number of hydrogen-bond donors (Lipinski definition) is 2. The van der Waals surface area contributed by atoms with Crippen molar-refractivity contribution in [2.45, 2.75) is 18.7 Å². The minimum atomic E-state index is -3.51. The molecule has 0 bridgehead atoms. The Labute approximate surface area is 155 Å². The summed E-state index contributed by atoms with van der Waals surface area (Å²) < 4.78 is 26.2. The predicted octanol–water partition coefficient (Wildman–Crippen LogP) is -0.741. The third-order valence-electron chi connectivity index (χ3n) is 3.90. The van der Waals surface area contributed by atoms with Crippen molar-refractivity contribution >= 4 is 27.5 Å². The highest BCUT2D eigenvalue weighted by molar-refractivity contribution is 7.89. The standard InChI is InChI=1S/C17H28N4O4S/c1-6-21(7-2)26(24,25)15-10-8-14(9-11-15)18-16(22)12-20(5)13-17(23)19(3)4/h8-11H,6-7,12-13H2,1-5H3,(H,18,22)/p+1. The Morgan fingerprint density at radius 3 is 2.04 bits per heavy atom. The molecule has 0 aliphatic rings. The van der Waals surface area contributed by atoms with Crippen LogP contribution in [-0.4, -0.2) is 76.8 Å². The summed E-state index contributed by atoms with van der Waals surface area (Å²) in [6, 6.07) is 6.09. The van der Waals surface area contributed by atoms with E-state index in [2.05, 4.69) is 5.32 Å². The molecule has 1 rings (SSSR count). The van der Waals surface area contributed by atoms with Crippen LogP contribution in [0.15, 0.2) is 29.2 Å². The summed E-state index contributed by atoms with van der Waals surface area (Å²) in [5, 5.41) is 2.72. The zero-order valence-electron chi connectivity index (χ0n) is 16.1. The molecule has 1 aromatic rings. The van der Waals surface area contributed by atoms with Crippen LogP contribution in [0.3, 0.4) is 0 Å². The van der Waals surface area contributed by atoms with Crippen molar-refractivity contribution in [1.82, 2.24) is 9.21 Å². The first-order chi connectivity index (χ1) is 12.1. The van der Waals surface area contributed by atoms with Gasteiger partial charge in [-0.1, -0.05) is 13.8 Å². The molecule has 0 spiro atoms. The van der Waals surface area contributed by atoms with Crippen LogP contribution < -0.4 is 10.2 Å². The average molecular weight is 386 g/mol. The number of rotatable bonds is 9. The van der Waals surface area contributed by atoms with E-state index in [1.165, 1.54) is 21.3 Å². The lowest BCUT2D eigenvalue weighted by molar-refractivity contribution is -0.862. The van der Waals surface area contributed by atoms with E-state index < -0.39 is 10.0 Å². The SMILES string of the molecule is CCN(CC)S(=O)(=O)c1ccc(NC(=O)C[NH+](C)CC(=O)N(C)C)cc1. The van der Waals surface area contributed by atoms with E-state index in [4.69, 9.17) is 0 Å². The van der Waals surface area contributed by atoms with Crippen LogP contribution in [-0.2, 0) is 19.6 Å². The smallest absolute Gasteiger partial charge is 0.279 e. The molecule has 0 radical (unpaired) electrons. The third-order valence-corrected chi connectivity index (χ3v) is 5.96. The van der Waals surface area contributed by atoms with Gasteiger partial charge in [0.1, 0.15) is 0 Å². The van der Waals surface area contributed by atoms with Crippen LogP contribution in [0.25, 0.3) is 0 Å². The summed E-state index contributed by atoms with van der Waals surface area (Å²) in [5.74, 6) is -0.297. The Balaban J connectivity index is 2.70. The van der Waals surface area contributed by atoms with Crippen LogP contribution in [0.2, 0.25) is 0 Å². The van der Waals surface area contributed by atoms with E-state index in [1.54, 1.807) is 47.1 Å². The molecule has 0 saturated heterocycles. The van der Waals surface area contributed by atoms with Gasteiger partial charge < -0.3 is 15.1 Å². The minimum Gasteiger partial charge on any atom is -0.344 e. The molecule has 1 atom stereocenters. The second-order valence-electron chi connectivity index (χ2n) is 6.26. The van der Waals surface area contributed by atoms with Crippen molar-refractivity contribution in [2.24, 2.45) is 0 Å². The molecule has 0 aliphatic carbocycles. The topological polar surface area (TPSA) is 91.2 Å². The lowest BCUT2D eigenvalue weighted by Crippen LogP contribution is -3.11. The molecule has 0 fully saturated rings. The molecule has 0 saturated carbocycles. The van der Waals surface area contributed by atoms with Crippen molar-refractivity contribution in [2.75, 3.05) is 52.6 Å². The Kier molecular flexibility index (Phi) is 8.19. The number of anilines is 1. The highest BCUT2D eigenvalue weighted by Crippen LogP contribution is 2.18. The third kappa shape index (κ3) is 6.08. The van der Waals surface area contributed by atoms with Gasteiger partial charge in [0, 0.05) is 32.9 Å². The van der Waals surface area contributed by atoms with Crippen LogP contribution in [0.1, 0.15) is 13.8 Å². The first-order valence-electron chi connectivity index (χ1n) is 8.53. The van der Waals surface area contributed by atoms with Gasteiger partial charge in [-0.25, -0.2) is 8.42 Å². The Hall–Kier alpha value is -1.97. The molecule has 0 aliphatic heterocycles. The quantitative estimate of drug-likeness (QED) is 0.586. The maximum atomic E-state index is 12.4. The molecule has 0 aromatic heterocycles. The Morgan fingerprint density at radius 2 is 1.58 bits per heavy atom. The van der Waals surface area contributed by atoms with Crippen LogP contribution in [0.5, 0.6) is 0 Å². The summed E-state index contributed by atoms with van der Waals surface area (Å²) in [6.45, 7) is 4.74. The molecule has 1 unspecified atom stereocenters. The second-order valence-corrected chi connectivity index (χ2v) is 8.20. The number of nitrogens with one attached hydrogen (secondary N) is 2. The van der Waals surface area contributed by atoms with E-state index in [0.29, 0.717) is 18.8 Å². The summed E-state index contributed by atoms with van der Waals surface area (Å²) in [4.78, 5) is 26.2. The van der Waals surface area contributed by atoms with Crippen molar-refractivity contribution in [3.05, 3.63) is 24.3 Å². The van der Waals surface area contributed by atoms with Gasteiger partial charge in [0.25, 0.3) is 11.8 Å². The monoisotopic (exact) mass is 385 g/mol. The van der Waals surface area contributed by atoms with Gasteiger partial charge in [-0.3, -0.25) is 9.59 Å². The Bertz CT molecular complexity index is 713. The zero-order valence-corrected chi connectivity index (χ0v) is 16.9. The highest BCUT2D eigenvalue weighted by atomic mass is 32.2. The van der Waals surface area contributed by atoms with Crippen molar-refractivity contribution in [3.63, 3.8) is 0 Å². The number of likely N-dealkylation sites (N-methyl/N-ethyl adjacent to an activating group) is 2. The van der Waals surface area contributed by atoms with Crippen molar-refractivity contribution < 1.29 is 22.9 Å². The van der Waals surface area contributed by atoms with E-state index in [0.717, 1.165) is 4.90 Å². The summed E-state index contributed by atoms with van der Waals surface area (Å²) >= 11 is 0.